The average Bonchev–Trinajstić information content (AvgIpc) is 2.85. The summed E-state index contributed by atoms with van der Waals surface area (Å²) in [6.07, 6.45) is 0. The molecule has 0 spiro atoms. The van der Waals surface area contributed by atoms with Crippen molar-refractivity contribution in [2.24, 2.45) is 0 Å². The normalized spacial score (nSPS) is 10.3. The molecule has 0 bridgehead atoms. The standard InChI is InChI=1S/C10H7N3O5S/c14-8(15)5-19-10-12-11-9(18-10)6-2-1-3-7(4-6)13(16)17/h1-4H,5H2,(H,14,15)/p-1. The average molecular weight is 280 g/mol. The molecule has 19 heavy (non-hydrogen) atoms. The van der Waals surface area contributed by atoms with Crippen molar-refractivity contribution in [1.82, 2.24) is 10.2 Å². The Morgan fingerprint density at radius 3 is 2.89 bits per heavy atom. The zero-order valence-electron chi connectivity index (χ0n) is 9.31. The smallest absolute Gasteiger partial charge is 0.277 e. The molecule has 2 rings (SSSR count). The molecule has 2 aromatic rings. The molecule has 8 nitrogen and oxygen atoms in total. The fourth-order valence-corrected chi connectivity index (χ4v) is 1.74. The number of rotatable bonds is 5. The third-order valence-electron chi connectivity index (χ3n) is 2.02. The Kier molecular flexibility index (Phi) is 3.76. The Morgan fingerprint density at radius 2 is 2.21 bits per heavy atom. The maximum Gasteiger partial charge on any atom is 0.277 e. The lowest BCUT2D eigenvalue weighted by atomic mass is 10.2. The number of non-ortho nitro benzene ring substituents is 1. The highest BCUT2D eigenvalue weighted by Gasteiger charge is 2.12. The number of nitro groups is 1. The van der Waals surface area contributed by atoms with Crippen LogP contribution in [-0.4, -0.2) is 26.8 Å². The van der Waals surface area contributed by atoms with Crippen molar-refractivity contribution in [1.29, 1.82) is 0 Å². The van der Waals surface area contributed by atoms with E-state index in [1.807, 2.05) is 0 Å². The number of nitro benzene ring substituents is 1. The minimum Gasteiger partial charge on any atom is -0.549 e. The SMILES string of the molecule is O=C([O-])CSc1nnc(-c2cccc([N+](=O)[O-])c2)o1. The minimum atomic E-state index is -1.25. The van der Waals surface area contributed by atoms with Crippen LogP contribution in [0.2, 0.25) is 0 Å². The van der Waals surface area contributed by atoms with E-state index in [1.165, 1.54) is 18.2 Å². The highest BCUT2D eigenvalue weighted by Crippen LogP contribution is 2.25. The maximum atomic E-state index is 10.6. The van der Waals surface area contributed by atoms with Crippen molar-refractivity contribution < 1.29 is 19.2 Å². The quantitative estimate of drug-likeness (QED) is 0.440. The number of carbonyl (C=O) groups excluding carboxylic acids is 1. The summed E-state index contributed by atoms with van der Waals surface area (Å²) in [6.45, 7) is 0. The molecule has 98 valence electrons. The van der Waals surface area contributed by atoms with Gasteiger partial charge in [-0.25, -0.2) is 0 Å². The van der Waals surface area contributed by atoms with Crippen LogP contribution in [0.15, 0.2) is 33.9 Å². The van der Waals surface area contributed by atoms with Crippen molar-refractivity contribution in [3.8, 4) is 11.5 Å². The molecular weight excluding hydrogens is 274 g/mol. The Morgan fingerprint density at radius 1 is 1.42 bits per heavy atom. The molecule has 0 radical (unpaired) electrons. The van der Waals surface area contributed by atoms with Gasteiger partial charge >= 0.3 is 0 Å². The fourth-order valence-electron chi connectivity index (χ4n) is 1.26. The van der Waals surface area contributed by atoms with Gasteiger partial charge in [-0.15, -0.1) is 10.2 Å². The van der Waals surface area contributed by atoms with E-state index in [0.717, 1.165) is 11.8 Å². The number of hydrogen-bond donors (Lipinski definition) is 0. The molecule has 0 saturated heterocycles. The van der Waals surface area contributed by atoms with Crippen LogP contribution in [0.25, 0.3) is 11.5 Å². The summed E-state index contributed by atoms with van der Waals surface area (Å²) in [5.41, 5.74) is 0.293. The van der Waals surface area contributed by atoms with E-state index in [2.05, 4.69) is 10.2 Å². The highest BCUT2D eigenvalue weighted by molar-refractivity contribution is 7.99. The Labute approximate surface area is 110 Å². The molecule has 0 fully saturated rings. The van der Waals surface area contributed by atoms with Gasteiger partial charge in [-0.3, -0.25) is 10.1 Å². The summed E-state index contributed by atoms with van der Waals surface area (Å²) >= 11 is 0.818. The van der Waals surface area contributed by atoms with Crippen LogP contribution in [0.3, 0.4) is 0 Å². The lowest BCUT2D eigenvalue weighted by molar-refractivity contribution is -0.384. The molecule has 0 saturated carbocycles. The number of nitrogens with zero attached hydrogens (tertiary/aromatic N) is 3. The molecule has 0 aliphatic heterocycles. The van der Waals surface area contributed by atoms with Crippen LogP contribution in [-0.2, 0) is 4.79 Å². The second kappa shape index (κ2) is 5.48. The third kappa shape index (κ3) is 3.28. The summed E-state index contributed by atoms with van der Waals surface area (Å²) in [6, 6.07) is 5.70. The van der Waals surface area contributed by atoms with E-state index in [9.17, 15) is 20.0 Å². The zero-order valence-corrected chi connectivity index (χ0v) is 10.1. The predicted molar refractivity (Wildman–Crippen MR) is 62.1 cm³/mol. The van der Waals surface area contributed by atoms with Crippen molar-refractivity contribution in [3.05, 3.63) is 34.4 Å². The van der Waals surface area contributed by atoms with Gasteiger partial charge in [0.2, 0.25) is 5.89 Å². The van der Waals surface area contributed by atoms with Crippen LogP contribution in [0, 0.1) is 10.1 Å². The van der Waals surface area contributed by atoms with Gasteiger partial charge < -0.3 is 14.3 Å². The van der Waals surface area contributed by atoms with Gasteiger partial charge in [-0.05, 0) is 6.07 Å². The minimum absolute atomic E-state index is 0.0608. The van der Waals surface area contributed by atoms with E-state index >= 15 is 0 Å². The number of aromatic nitrogens is 2. The van der Waals surface area contributed by atoms with Crippen molar-refractivity contribution in [2.45, 2.75) is 5.22 Å². The molecule has 1 heterocycles. The molecule has 0 aliphatic carbocycles. The number of carboxylic acid groups (broad SMARTS) is 1. The van der Waals surface area contributed by atoms with Crippen LogP contribution >= 0.6 is 11.8 Å². The Hall–Kier alpha value is -2.42. The zero-order chi connectivity index (χ0) is 13.8. The first kappa shape index (κ1) is 13.0. The lowest BCUT2D eigenvalue weighted by Gasteiger charge is -1.96. The second-order valence-electron chi connectivity index (χ2n) is 3.34. The molecule has 1 aromatic carbocycles. The molecule has 9 heteroatoms. The van der Waals surface area contributed by atoms with Gasteiger partial charge in [0.05, 0.1) is 10.9 Å². The van der Waals surface area contributed by atoms with Crippen LogP contribution in [0.5, 0.6) is 0 Å². The number of carbonyl (C=O) groups is 1. The number of benzene rings is 1. The highest BCUT2D eigenvalue weighted by atomic mass is 32.2. The van der Waals surface area contributed by atoms with Crippen LogP contribution < -0.4 is 5.11 Å². The topological polar surface area (TPSA) is 122 Å². The third-order valence-corrected chi connectivity index (χ3v) is 2.82. The second-order valence-corrected chi connectivity index (χ2v) is 4.27. The van der Waals surface area contributed by atoms with E-state index in [0.29, 0.717) is 5.56 Å². The molecule has 0 atom stereocenters. The summed E-state index contributed by atoms with van der Waals surface area (Å²) in [5, 5.41) is 28.3. The summed E-state index contributed by atoms with van der Waals surface area (Å²) in [4.78, 5) is 20.4. The van der Waals surface area contributed by atoms with Crippen molar-refractivity contribution in [3.63, 3.8) is 0 Å². The van der Waals surface area contributed by atoms with Crippen molar-refractivity contribution >= 4 is 23.4 Å². The predicted octanol–water partition coefficient (Wildman–Crippen LogP) is 0.487. The molecular formula is C10H6N3O5S-. The van der Waals surface area contributed by atoms with Gasteiger partial charge in [0.15, 0.2) is 0 Å². The van der Waals surface area contributed by atoms with E-state index in [-0.39, 0.29) is 22.6 Å². The summed E-state index contributed by atoms with van der Waals surface area (Å²) < 4.78 is 5.18. The molecule has 1 aromatic heterocycles. The largest absolute Gasteiger partial charge is 0.549 e. The van der Waals surface area contributed by atoms with Crippen molar-refractivity contribution in [2.75, 3.05) is 5.75 Å². The molecule has 0 aliphatic rings. The molecule has 0 amide bonds. The van der Waals surface area contributed by atoms with Gasteiger partial charge in [0.1, 0.15) is 0 Å². The van der Waals surface area contributed by atoms with E-state index < -0.39 is 10.9 Å². The maximum absolute atomic E-state index is 10.6. The Balaban J connectivity index is 2.20. The van der Waals surface area contributed by atoms with Crippen LogP contribution in [0.1, 0.15) is 0 Å². The number of aliphatic carboxylic acids is 1. The first-order chi connectivity index (χ1) is 9.06. The Bertz CT molecular complexity index is 627. The van der Waals surface area contributed by atoms with Gasteiger partial charge in [0.25, 0.3) is 10.9 Å². The van der Waals surface area contributed by atoms with Crippen LogP contribution in [0.4, 0.5) is 5.69 Å². The van der Waals surface area contributed by atoms with E-state index in [1.54, 1.807) is 6.07 Å². The molecule has 0 unspecified atom stereocenters. The number of hydrogen-bond acceptors (Lipinski definition) is 8. The van der Waals surface area contributed by atoms with Gasteiger partial charge in [0, 0.05) is 23.4 Å². The fraction of sp³-hybridized carbons (Fsp3) is 0.100. The van der Waals surface area contributed by atoms with Gasteiger partial charge in [-0.1, -0.05) is 17.8 Å². The number of carboxylic acids is 1. The monoisotopic (exact) mass is 280 g/mol. The number of thioether (sulfide) groups is 1. The first-order valence-electron chi connectivity index (χ1n) is 4.97. The summed E-state index contributed by atoms with van der Waals surface area (Å²) in [7, 11) is 0. The summed E-state index contributed by atoms with van der Waals surface area (Å²) in [5.74, 6) is -1.47. The lowest BCUT2D eigenvalue weighted by Crippen LogP contribution is -2.24. The van der Waals surface area contributed by atoms with E-state index in [4.69, 9.17) is 4.42 Å². The molecule has 0 N–H and O–H groups in total. The first-order valence-corrected chi connectivity index (χ1v) is 5.96. The van der Waals surface area contributed by atoms with Gasteiger partial charge in [-0.2, -0.15) is 0 Å².